The highest BCUT2D eigenvalue weighted by molar-refractivity contribution is 5.93. The molecule has 9 heteroatoms. The fourth-order valence-corrected chi connectivity index (χ4v) is 4.24. The van der Waals surface area contributed by atoms with E-state index in [9.17, 15) is 4.79 Å². The lowest BCUT2D eigenvalue weighted by Crippen LogP contribution is -2.37. The van der Waals surface area contributed by atoms with E-state index >= 15 is 0 Å². The van der Waals surface area contributed by atoms with Gasteiger partial charge in [-0.05, 0) is 30.7 Å². The number of benzene rings is 1. The second kappa shape index (κ2) is 10.4. The van der Waals surface area contributed by atoms with Gasteiger partial charge < -0.3 is 24.4 Å². The number of morpholine rings is 1. The van der Waals surface area contributed by atoms with Crippen LogP contribution in [0.4, 0.5) is 11.8 Å². The number of nitrogens with zero attached hydrogens (tertiary/aromatic N) is 6. The lowest BCUT2D eigenvalue weighted by Gasteiger charge is -2.29. The molecule has 9 nitrogen and oxygen atoms in total. The number of aromatic nitrogens is 4. The molecule has 1 saturated carbocycles. The zero-order valence-corrected chi connectivity index (χ0v) is 20.5. The monoisotopic (exact) mass is 475 g/mol. The molecule has 2 aliphatic rings. The number of hydrogen-bond acceptors (Lipinski definition) is 7. The normalized spacial score (nSPS) is 15.8. The maximum Gasteiger partial charge on any atom is 0.270 e. The summed E-state index contributed by atoms with van der Waals surface area (Å²) in [5.41, 5.74) is 3.72. The number of ether oxygens (including phenoxy) is 1. The van der Waals surface area contributed by atoms with Gasteiger partial charge in [-0.25, -0.2) is 9.97 Å². The maximum absolute atomic E-state index is 12.9. The van der Waals surface area contributed by atoms with E-state index in [2.05, 4.69) is 38.4 Å². The standard InChI is InChI=1S/C26H33N7O2/c1-31-17-23(28-18-31)21-6-4-3-5-20(21)9-10-32(2)26-29-22(25(34)27-16-19-7-8-19)15-24(30-26)33-11-13-35-14-12-33/h3-6,15,17-19H,7-14,16H2,1-2H3,(H,27,34). The molecule has 0 atom stereocenters. The van der Waals surface area contributed by atoms with Crippen LogP contribution in [0.5, 0.6) is 0 Å². The summed E-state index contributed by atoms with van der Waals surface area (Å²) in [4.78, 5) is 31.1. The first-order valence-corrected chi connectivity index (χ1v) is 12.3. The Kier molecular flexibility index (Phi) is 6.94. The Hall–Kier alpha value is -3.46. The highest BCUT2D eigenvalue weighted by atomic mass is 16.5. The Balaban J connectivity index is 1.35. The van der Waals surface area contributed by atoms with E-state index < -0.39 is 0 Å². The largest absolute Gasteiger partial charge is 0.378 e. The molecule has 1 aromatic carbocycles. The van der Waals surface area contributed by atoms with Gasteiger partial charge in [-0.3, -0.25) is 4.79 Å². The topological polar surface area (TPSA) is 88.4 Å². The van der Waals surface area contributed by atoms with E-state index in [4.69, 9.17) is 9.72 Å². The van der Waals surface area contributed by atoms with Crippen LogP contribution in [0.15, 0.2) is 42.9 Å². The molecule has 1 N–H and O–H groups in total. The fourth-order valence-electron chi connectivity index (χ4n) is 4.24. The summed E-state index contributed by atoms with van der Waals surface area (Å²) in [5.74, 6) is 1.81. The molecular formula is C26H33N7O2. The minimum Gasteiger partial charge on any atom is -0.378 e. The van der Waals surface area contributed by atoms with Gasteiger partial charge in [0.2, 0.25) is 5.95 Å². The van der Waals surface area contributed by atoms with Crippen molar-refractivity contribution in [3.63, 3.8) is 0 Å². The number of aryl methyl sites for hydroxylation is 1. The number of amides is 1. The molecule has 0 bridgehead atoms. The van der Waals surface area contributed by atoms with E-state index in [1.165, 1.54) is 18.4 Å². The number of hydrogen-bond donors (Lipinski definition) is 1. The second-order valence-corrected chi connectivity index (χ2v) is 9.42. The molecule has 5 rings (SSSR count). The van der Waals surface area contributed by atoms with Crippen molar-refractivity contribution in [1.29, 1.82) is 0 Å². The highest BCUT2D eigenvalue weighted by Crippen LogP contribution is 2.28. The molecule has 3 aromatic rings. The van der Waals surface area contributed by atoms with Crippen molar-refractivity contribution in [1.82, 2.24) is 24.8 Å². The van der Waals surface area contributed by atoms with Crippen LogP contribution in [-0.4, -0.2) is 71.9 Å². The summed E-state index contributed by atoms with van der Waals surface area (Å²) in [6, 6.07) is 10.1. The molecule has 2 fully saturated rings. The molecule has 35 heavy (non-hydrogen) atoms. The molecule has 1 amide bonds. The van der Waals surface area contributed by atoms with Crippen LogP contribution in [0, 0.1) is 5.92 Å². The van der Waals surface area contributed by atoms with Crippen molar-refractivity contribution in [2.75, 3.05) is 56.2 Å². The quantitative estimate of drug-likeness (QED) is 0.509. The number of carbonyl (C=O) groups is 1. The summed E-state index contributed by atoms with van der Waals surface area (Å²) in [6.45, 7) is 4.23. The van der Waals surface area contributed by atoms with Gasteiger partial charge in [0.1, 0.15) is 11.5 Å². The minimum atomic E-state index is -0.135. The van der Waals surface area contributed by atoms with Crippen molar-refractivity contribution in [2.24, 2.45) is 13.0 Å². The van der Waals surface area contributed by atoms with Gasteiger partial charge in [0.15, 0.2) is 0 Å². The number of nitrogens with one attached hydrogen (secondary N) is 1. The smallest absolute Gasteiger partial charge is 0.270 e. The molecule has 0 spiro atoms. The van der Waals surface area contributed by atoms with E-state index in [0.717, 1.165) is 36.6 Å². The fraction of sp³-hybridized carbons (Fsp3) is 0.462. The van der Waals surface area contributed by atoms with Gasteiger partial charge in [-0.15, -0.1) is 0 Å². The number of carbonyl (C=O) groups excluding carboxylic acids is 1. The molecule has 2 aromatic heterocycles. The molecular weight excluding hydrogens is 442 g/mol. The Morgan fingerprint density at radius 1 is 1.20 bits per heavy atom. The van der Waals surface area contributed by atoms with Gasteiger partial charge in [-0.2, -0.15) is 4.98 Å². The summed E-state index contributed by atoms with van der Waals surface area (Å²) >= 11 is 0. The third-order valence-electron chi connectivity index (χ3n) is 6.57. The molecule has 0 unspecified atom stereocenters. The van der Waals surface area contributed by atoms with E-state index in [-0.39, 0.29) is 5.91 Å². The third kappa shape index (κ3) is 5.79. The van der Waals surface area contributed by atoms with Gasteiger partial charge in [0.25, 0.3) is 5.91 Å². The van der Waals surface area contributed by atoms with Gasteiger partial charge >= 0.3 is 0 Å². The molecule has 1 aliphatic heterocycles. The average Bonchev–Trinajstić information content (AvgIpc) is 3.64. The zero-order chi connectivity index (χ0) is 24.2. The molecule has 1 aliphatic carbocycles. The highest BCUT2D eigenvalue weighted by Gasteiger charge is 2.24. The number of likely N-dealkylation sites (N-methyl/N-ethyl adjacent to an activating group) is 1. The Morgan fingerprint density at radius 3 is 2.74 bits per heavy atom. The second-order valence-electron chi connectivity index (χ2n) is 9.42. The molecule has 184 valence electrons. The van der Waals surface area contributed by atoms with Crippen molar-refractivity contribution < 1.29 is 9.53 Å². The first-order chi connectivity index (χ1) is 17.1. The van der Waals surface area contributed by atoms with Gasteiger partial charge in [0, 0.05) is 58.1 Å². The third-order valence-corrected chi connectivity index (χ3v) is 6.57. The molecule has 1 saturated heterocycles. The van der Waals surface area contributed by atoms with Crippen LogP contribution < -0.4 is 15.1 Å². The summed E-state index contributed by atoms with van der Waals surface area (Å²) in [5, 5.41) is 3.04. The zero-order valence-electron chi connectivity index (χ0n) is 20.5. The number of anilines is 2. The van der Waals surface area contributed by atoms with E-state index in [1.807, 2.05) is 42.2 Å². The molecule has 0 radical (unpaired) electrons. The van der Waals surface area contributed by atoms with Crippen LogP contribution in [0.2, 0.25) is 0 Å². The predicted octanol–water partition coefficient (Wildman–Crippen LogP) is 2.53. The van der Waals surface area contributed by atoms with Crippen molar-refractivity contribution >= 4 is 17.7 Å². The van der Waals surface area contributed by atoms with Crippen molar-refractivity contribution in [3.05, 3.63) is 54.1 Å². The lowest BCUT2D eigenvalue weighted by molar-refractivity contribution is 0.0946. The summed E-state index contributed by atoms with van der Waals surface area (Å²) < 4.78 is 7.46. The van der Waals surface area contributed by atoms with E-state index in [0.29, 0.717) is 43.9 Å². The minimum absolute atomic E-state index is 0.135. The average molecular weight is 476 g/mol. The first kappa shape index (κ1) is 23.3. The Bertz CT molecular complexity index is 1170. The predicted molar refractivity (Wildman–Crippen MR) is 136 cm³/mol. The van der Waals surface area contributed by atoms with Gasteiger partial charge in [-0.1, -0.05) is 24.3 Å². The number of rotatable bonds is 9. The SMILES string of the molecule is CN(CCc1ccccc1-c1cn(C)cn1)c1nc(C(=O)NCC2CC2)cc(N2CCOCC2)n1. The lowest BCUT2D eigenvalue weighted by atomic mass is 10.0. The van der Waals surface area contributed by atoms with Crippen LogP contribution >= 0.6 is 0 Å². The van der Waals surface area contributed by atoms with Crippen LogP contribution in [0.1, 0.15) is 28.9 Å². The summed E-state index contributed by atoms with van der Waals surface area (Å²) in [6.07, 6.45) is 7.04. The maximum atomic E-state index is 12.9. The van der Waals surface area contributed by atoms with Gasteiger partial charge in [0.05, 0.1) is 25.2 Å². The van der Waals surface area contributed by atoms with Crippen molar-refractivity contribution in [3.8, 4) is 11.3 Å². The molecule has 3 heterocycles. The summed E-state index contributed by atoms with van der Waals surface area (Å²) in [7, 11) is 3.96. The first-order valence-electron chi connectivity index (χ1n) is 12.3. The van der Waals surface area contributed by atoms with E-state index in [1.54, 1.807) is 6.07 Å². The van der Waals surface area contributed by atoms with Crippen molar-refractivity contribution in [2.45, 2.75) is 19.3 Å². The number of imidazole rings is 1. The Labute approximate surface area is 206 Å². The van der Waals surface area contributed by atoms with Crippen LogP contribution in [0.25, 0.3) is 11.3 Å². The van der Waals surface area contributed by atoms with Crippen LogP contribution in [0.3, 0.4) is 0 Å². The van der Waals surface area contributed by atoms with Crippen LogP contribution in [-0.2, 0) is 18.2 Å². The Morgan fingerprint density at radius 2 is 2.00 bits per heavy atom.